The summed E-state index contributed by atoms with van der Waals surface area (Å²) in [5, 5.41) is 0. The molecule has 0 bridgehead atoms. The van der Waals surface area contributed by atoms with Crippen molar-refractivity contribution < 1.29 is 18.3 Å². The molecule has 0 unspecified atom stereocenters. The number of rotatable bonds is 4. The molecule has 2 nitrogen and oxygen atoms in total. The van der Waals surface area contributed by atoms with Gasteiger partial charge < -0.3 is 4.74 Å². The molecule has 0 aromatic heterocycles. The van der Waals surface area contributed by atoms with Crippen molar-refractivity contribution in [1.82, 2.24) is 0 Å². The van der Waals surface area contributed by atoms with E-state index in [4.69, 9.17) is 4.74 Å². The van der Waals surface area contributed by atoms with Crippen LogP contribution in [-0.4, -0.2) is 12.6 Å². The largest absolute Gasteiger partial charge is 0.462 e. The molecule has 1 rings (SSSR count). The summed E-state index contributed by atoms with van der Waals surface area (Å²) in [6.07, 6.45) is 1.54. The van der Waals surface area contributed by atoms with Crippen LogP contribution in [0.25, 0.3) is 0 Å². The Balaban J connectivity index is 2.73. The fraction of sp³-hybridized carbons (Fsp3) is 0.364. The van der Waals surface area contributed by atoms with Gasteiger partial charge in [0.1, 0.15) is 17.2 Å². The fourth-order valence-electron chi connectivity index (χ4n) is 1.07. The molecule has 0 saturated heterocycles. The highest BCUT2D eigenvalue weighted by Gasteiger charge is 2.17. The predicted molar refractivity (Wildman–Crippen MR) is 51.5 cm³/mol. The van der Waals surface area contributed by atoms with Gasteiger partial charge in [-0.2, -0.15) is 0 Å². The standard InChI is InChI=1S/C11H12F2O2/c1-2-3-7-15-11(14)10-8(12)5-4-6-9(10)13/h4-6H,2-3,7H2,1H3. The van der Waals surface area contributed by atoms with Crippen LogP contribution < -0.4 is 0 Å². The van der Waals surface area contributed by atoms with Crippen LogP contribution in [0.15, 0.2) is 18.2 Å². The molecule has 0 saturated carbocycles. The monoisotopic (exact) mass is 214 g/mol. The number of esters is 1. The summed E-state index contributed by atoms with van der Waals surface area (Å²) in [6, 6.07) is 3.26. The number of carbonyl (C=O) groups excluding carboxylic acids is 1. The van der Waals surface area contributed by atoms with E-state index < -0.39 is 23.2 Å². The zero-order valence-corrected chi connectivity index (χ0v) is 8.43. The zero-order valence-electron chi connectivity index (χ0n) is 8.43. The van der Waals surface area contributed by atoms with Gasteiger partial charge in [0, 0.05) is 0 Å². The molecule has 1 aromatic rings. The van der Waals surface area contributed by atoms with Crippen molar-refractivity contribution >= 4 is 5.97 Å². The Morgan fingerprint density at radius 2 is 1.93 bits per heavy atom. The van der Waals surface area contributed by atoms with Crippen molar-refractivity contribution in [1.29, 1.82) is 0 Å². The average molecular weight is 214 g/mol. The molecule has 0 aliphatic carbocycles. The smallest absolute Gasteiger partial charge is 0.344 e. The van der Waals surface area contributed by atoms with Gasteiger partial charge in [-0.05, 0) is 18.6 Å². The van der Waals surface area contributed by atoms with Gasteiger partial charge in [0.2, 0.25) is 0 Å². The second-order valence-corrected chi connectivity index (χ2v) is 3.09. The van der Waals surface area contributed by atoms with E-state index in [1.54, 1.807) is 0 Å². The lowest BCUT2D eigenvalue weighted by atomic mass is 10.2. The highest BCUT2D eigenvalue weighted by atomic mass is 19.1. The van der Waals surface area contributed by atoms with Crippen LogP contribution in [-0.2, 0) is 4.74 Å². The minimum absolute atomic E-state index is 0.184. The van der Waals surface area contributed by atoms with Crippen LogP contribution in [0.4, 0.5) is 8.78 Å². The molecular weight excluding hydrogens is 202 g/mol. The van der Waals surface area contributed by atoms with E-state index in [1.165, 1.54) is 6.07 Å². The second kappa shape index (κ2) is 5.44. The van der Waals surface area contributed by atoms with Crippen molar-refractivity contribution in [3.63, 3.8) is 0 Å². The van der Waals surface area contributed by atoms with Crippen LogP contribution in [0.2, 0.25) is 0 Å². The van der Waals surface area contributed by atoms with E-state index in [-0.39, 0.29) is 6.61 Å². The summed E-state index contributed by atoms with van der Waals surface area (Å²) in [6.45, 7) is 2.11. The summed E-state index contributed by atoms with van der Waals surface area (Å²) < 4.78 is 30.8. The summed E-state index contributed by atoms with van der Waals surface area (Å²) in [5.41, 5.74) is -0.617. The molecule has 0 N–H and O–H groups in total. The first-order valence-corrected chi connectivity index (χ1v) is 4.78. The molecule has 0 aliphatic rings. The number of carbonyl (C=O) groups is 1. The molecular formula is C11H12F2O2. The molecule has 0 amide bonds. The first-order valence-electron chi connectivity index (χ1n) is 4.78. The van der Waals surface area contributed by atoms with E-state index in [0.29, 0.717) is 6.42 Å². The van der Waals surface area contributed by atoms with Gasteiger partial charge in [0.15, 0.2) is 0 Å². The SMILES string of the molecule is CCCCOC(=O)c1c(F)cccc1F. The fourth-order valence-corrected chi connectivity index (χ4v) is 1.07. The van der Waals surface area contributed by atoms with Gasteiger partial charge in [-0.3, -0.25) is 0 Å². The normalized spacial score (nSPS) is 10.1. The minimum Gasteiger partial charge on any atom is -0.462 e. The number of hydrogen-bond acceptors (Lipinski definition) is 2. The lowest BCUT2D eigenvalue weighted by Crippen LogP contribution is -2.10. The van der Waals surface area contributed by atoms with Crippen LogP contribution in [0, 0.1) is 11.6 Å². The highest BCUT2D eigenvalue weighted by Crippen LogP contribution is 2.13. The topological polar surface area (TPSA) is 26.3 Å². The molecule has 0 aliphatic heterocycles. The number of unbranched alkanes of at least 4 members (excludes halogenated alkanes) is 1. The Hall–Kier alpha value is -1.45. The maximum Gasteiger partial charge on any atom is 0.344 e. The third-order valence-corrected chi connectivity index (χ3v) is 1.90. The average Bonchev–Trinajstić information content (AvgIpc) is 2.18. The Morgan fingerprint density at radius 3 is 2.47 bits per heavy atom. The number of hydrogen-bond donors (Lipinski definition) is 0. The molecule has 4 heteroatoms. The van der Waals surface area contributed by atoms with E-state index >= 15 is 0 Å². The maximum absolute atomic E-state index is 13.1. The molecule has 1 aromatic carbocycles. The molecule has 0 spiro atoms. The molecule has 0 radical (unpaired) electrons. The van der Waals surface area contributed by atoms with Gasteiger partial charge in [0.05, 0.1) is 6.61 Å². The van der Waals surface area contributed by atoms with Gasteiger partial charge >= 0.3 is 5.97 Å². The van der Waals surface area contributed by atoms with Gasteiger partial charge in [0.25, 0.3) is 0 Å². The third kappa shape index (κ3) is 3.01. The van der Waals surface area contributed by atoms with Gasteiger partial charge in [-0.25, -0.2) is 13.6 Å². The predicted octanol–water partition coefficient (Wildman–Crippen LogP) is 2.92. The summed E-state index contributed by atoms with van der Waals surface area (Å²) in [4.78, 5) is 11.3. The lowest BCUT2D eigenvalue weighted by molar-refractivity contribution is 0.0488. The maximum atomic E-state index is 13.1. The van der Waals surface area contributed by atoms with Gasteiger partial charge in [-0.1, -0.05) is 19.4 Å². The van der Waals surface area contributed by atoms with Crippen LogP contribution >= 0.6 is 0 Å². The quantitative estimate of drug-likeness (QED) is 0.569. The van der Waals surface area contributed by atoms with E-state index in [9.17, 15) is 13.6 Å². The molecule has 82 valence electrons. The first-order chi connectivity index (χ1) is 7.16. The van der Waals surface area contributed by atoms with Crippen molar-refractivity contribution in [2.75, 3.05) is 6.61 Å². The Morgan fingerprint density at radius 1 is 1.33 bits per heavy atom. The Labute approximate surface area is 86.9 Å². The summed E-state index contributed by atoms with van der Waals surface area (Å²) in [7, 11) is 0. The highest BCUT2D eigenvalue weighted by molar-refractivity contribution is 5.89. The number of halogens is 2. The second-order valence-electron chi connectivity index (χ2n) is 3.09. The zero-order chi connectivity index (χ0) is 11.3. The Kier molecular flexibility index (Phi) is 4.21. The molecule has 0 fully saturated rings. The van der Waals surface area contributed by atoms with Crippen LogP contribution in [0.3, 0.4) is 0 Å². The van der Waals surface area contributed by atoms with E-state index in [0.717, 1.165) is 18.6 Å². The van der Waals surface area contributed by atoms with Crippen molar-refractivity contribution in [2.45, 2.75) is 19.8 Å². The number of ether oxygens (including phenoxy) is 1. The first kappa shape index (κ1) is 11.6. The van der Waals surface area contributed by atoms with Crippen molar-refractivity contribution in [3.8, 4) is 0 Å². The third-order valence-electron chi connectivity index (χ3n) is 1.90. The van der Waals surface area contributed by atoms with Crippen LogP contribution in [0.1, 0.15) is 30.1 Å². The molecule has 15 heavy (non-hydrogen) atoms. The van der Waals surface area contributed by atoms with E-state index in [2.05, 4.69) is 0 Å². The van der Waals surface area contributed by atoms with Crippen molar-refractivity contribution in [2.24, 2.45) is 0 Å². The summed E-state index contributed by atoms with van der Waals surface area (Å²) >= 11 is 0. The van der Waals surface area contributed by atoms with Crippen molar-refractivity contribution in [3.05, 3.63) is 35.4 Å². The molecule has 0 heterocycles. The van der Waals surface area contributed by atoms with Gasteiger partial charge in [-0.15, -0.1) is 0 Å². The van der Waals surface area contributed by atoms with Crippen LogP contribution in [0.5, 0.6) is 0 Å². The lowest BCUT2D eigenvalue weighted by Gasteiger charge is -2.05. The summed E-state index contributed by atoms with van der Waals surface area (Å²) in [5.74, 6) is -2.73. The van der Waals surface area contributed by atoms with E-state index in [1.807, 2.05) is 6.92 Å². The number of benzene rings is 1. The molecule has 0 atom stereocenters. The Bertz CT molecular complexity index is 330. The minimum atomic E-state index is -0.945.